The number of amides is 3. The minimum atomic E-state index is -1.04. The first kappa shape index (κ1) is 25.3. The summed E-state index contributed by atoms with van der Waals surface area (Å²) in [6.07, 6.45) is 0.567. The number of nitrogens with one attached hydrogen (secondary N) is 2. The molecule has 2 aromatic carbocycles. The monoisotopic (exact) mass is 554 g/mol. The maximum absolute atomic E-state index is 12.5. The Morgan fingerprint density at radius 2 is 1.88 bits per heavy atom. The van der Waals surface area contributed by atoms with Crippen LogP contribution in [0.3, 0.4) is 0 Å². The van der Waals surface area contributed by atoms with Gasteiger partial charge in [0.05, 0.1) is 6.10 Å². The molecule has 32 heavy (non-hydrogen) atoms. The largest absolute Gasteiger partial charge is 0.508 e. The van der Waals surface area contributed by atoms with E-state index in [4.69, 9.17) is 14.7 Å². The molecule has 0 saturated carbocycles. The number of alkyl carbamates (subject to hydrolysis) is 1. The highest BCUT2D eigenvalue weighted by atomic mass is 127. The molecule has 0 aliphatic carbocycles. The summed E-state index contributed by atoms with van der Waals surface area (Å²) >= 11 is 2.06. The Morgan fingerprint density at radius 1 is 1.16 bits per heavy atom. The van der Waals surface area contributed by atoms with Crippen LogP contribution in [0.1, 0.15) is 34.9 Å². The summed E-state index contributed by atoms with van der Waals surface area (Å²) in [4.78, 5) is 35.9. The lowest BCUT2D eigenvalue weighted by molar-refractivity contribution is -0.124. The lowest BCUT2D eigenvalue weighted by atomic mass is 9.99. The Hall–Kier alpha value is -2.96. The number of hydrogen-bond donors (Lipinski definition) is 4. The van der Waals surface area contributed by atoms with Crippen LogP contribution in [-0.2, 0) is 14.3 Å². The lowest BCUT2D eigenvalue weighted by Gasteiger charge is -2.27. The van der Waals surface area contributed by atoms with Crippen LogP contribution in [0.5, 0.6) is 5.75 Å². The Morgan fingerprint density at radius 3 is 2.53 bits per heavy atom. The molecule has 9 nitrogen and oxygen atoms in total. The van der Waals surface area contributed by atoms with E-state index in [1.54, 1.807) is 42.5 Å². The third kappa shape index (κ3) is 7.62. The quantitative estimate of drug-likeness (QED) is 0.162. The van der Waals surface area contributed by atoms with Crippen molar-refractivity contribution in [2.75, 3.05) is 7.11 Å². The molecule has 0 saturated heterocycles. The zero-order valence-corrected chi connectivity index (χ0v) is 19.3. The van der Waals surface area contributed by atoms with Gasteiger partial charge in [-0.25, -0.2) is 10.3 Å². The third-order valence-electron chi connectivity index (χ3n) is 4.42. The average molecular weight is 554 g/mol. The minimum Gasteiger partial charge on any atom is -0.508 e. The van der Waals surface area contributed by atoms with Gasteiger partial charge in [0.15, 0.2) is 6.10 Å². The molecule has 0 bridgehead atoms. The number of halogens is 1. The van der Waals surface area contributed by atoms with Crippen molar-refractivity contribution in [1.82, 2.24) is 10.8 Å². The number of carbonyl (C=O) groups excluding carboxylic acids is 3. The number of ether oxygens (including phenoxy) is 2. The summed E-state index contributed by atoms with van der Waals surface area (Å²) in [7, 11) is 1.42. The van der Waals surface area contributed by atoms with Crippen molar-refractivity contribution in [2.24, 2.45) is 0 Å². The number of phenols is 1. The smallest absolute Gasteiger partial charge is 0.414 e. The van der Waals surface area contributed by atoms with E-state index in [2.05, 4.69) is 27.9 Å². The molecule has 0 fully saturated rings. The highest BCUT2D eigenvalue weighted by Gasteiger charge is 2.30. The van der Waals surface area contributed by atoms with Gasteiger partial charge in [-0.2, -0.15) is 0 Å². The number of benzene rings is 2. The number of phenolic OH excluding ortho intramolecular Hbond substituents is 1. The van der Waals surface area contributed by atoms with Crippen LogP contribution >= 0.6 is 22.6 Å². The first-order chi connectivity index (χ1) is 15.3. The van der Waals surface area contributed by atoms with Gasteiger partial charge >= 0.3 is 6.09 Å². The second kappa shape index (κ2) is 12.8. The number of allylic oxidation sites excluding steroid dienone is 1. The zero-order valence-electron chi connectivity index (χ0n) is 17.2. The van der Waals surface area contributed by atoms with Crippen molar-refractivity contribution in [3.8, 4) is 5.75 Å². The fourth-order valence-electron chi connectivity index (χ4n) is 2.87. The maximum atomic E-state index is 12.5. The molecule has 0 aliphatic heterocycles. The first-order valence-electron chi connectivity index (χ1n) is 9.54. The third-order valence-corrected chi connectivity index (χ3v) is 5.09. The molecule has 0 aromatic heterocycles. The standard InChI is InChI=1S/C22H23IN2O7/c1-31-18(9-5-6-10-19(27)25-30)20(16-13-15(23)11-12-17(16)26)32-22(29)24-21(28)14-7-3-2-4-8-14/h2-4,6-8,10-13,18,20,26,30H,5,9H2,1H3,(H,25,27)(H,24,28,29)/b10-6+/t18-,20-/m1/s1. The second-order valence-corrected chi connectivity index (χ2v) is 7.82. The fourth-order valence-corrected chi connectivity index (χ4v) is 3.39. The van der Waals surface area contributed by atoms with Gasteiger partial charge in [0.1, 0.15) is 5.75 Å². The highest BCUT2D eigenvalue weighted by Crippen LogP contribution is 2.33. The van der Waals surface area contributed by atoms with E-state index in [0.29, 0.717) is 18.4 Å². The van der Waals surface area contributed by atoms with Gasteiger partial charge in [0.2, 0.25) is 0 Å². The van der Waals surface area contributed by atoms with Crippen LogP contribution in [0.15, 0.2) is 60.7 Å². The molecule has 4 N–H and O–H groups in total. The van der Waals surface area contributed by atoms with E-state index < -0.39 is 30.1 Å². The Balaban J connectivity index is 2.20. The molecule has 0 unspecified atom stereocenters. The van der Waals surface area contributed by atoms with E-state index in [0.717, 1.165) is 9.65 Å². The highest BCUT2D eigenvalue weighted by molar-refractivity contribution is 14.1. The van der Waals surface area contributed by atoms with Crippen molar-refractivity contribution in [3.63, 3.8) is 0 Å². The fraction of sp³-hybridized carbons (Fsp3) is 0.227. The molecule has 2 rings (SSSR count). The first-order valence-corrected chi connectivity index (χ1v) is 10.6. The Labute approximate surface area is 198 Å². The number of carbonyl (C=O) groups is 3. The molecule has 2 aromatic rings. The summed E-state index contributed by atoms with van der Waals surface area (Å²) in [5, 5.41) is 21.1. The zero-order chi connectivity index (χ0) is 23.5. The summed E-state index contributed by atoms with van der Waals surface area (Å²) in [5.74, 6) is -1.41. The van der Waals surface area contributed by atoms with Crippen molar-refractivity contribution in [3.05, 3.63) is 75.4 Å². The van der Waals surface area contributed by atoms with Crippen molar-refractivity contribution in [2.45, 2.75) is 25.0 Å². The lowest BCUT2D eigenvalue weighted by Crippen LogP contribution is -2.35. The van der Waals surface area contributed by atoms with Crippen LogP contribution in [0, 0.1) is 3.57 Å². The van der Waals surface area contributed by atoms with E-state index in [1.807, 2.05) is 0 Å². The van der Waals surface area contributed by atoms with Gasteiger partial charge in [-0.1, -0.05) is 24.3 Å². The molecule has 3 amide bonds. The molecular weight excluding hydrogens is 531 g/mol. The average Bonchev–Trinajstić information content (AvgIpc) is 2.80. The SMILES string of the molecule is CO[C@H](CC/C=C/C(=O)NO)[C@H](OC(=O)NC(=O)c1ccccc1)c1cc(I)ccc1O. The predicted molar refractivity (Wildman–Crippen MR) is 123 cm³/mol. The van der Waals surface area contributed by atoms with Crippen molar-refractivity contribution >= 4 is 40.5 Å². The molecule has 0 radical (unpaired) electrons. The van der Waals surface area contributed by atoms with Gasteiger partial charge in [-0.15, -0.1) is 0 Å². The molecule has 0 spiro atoms. The molecule has 0 heterocycles. The number of methoxy groups -OCH3 is 1. The van der Waals surface area contributed by atoms with Crippen LogP contribution in [0.4, 0.5) is 4.79 Å². The molecule has 2 atom stereocenters. The topological polar surface area (TPSA) is 134 Å². The van der Waals surface area contributed by atoms with E-state index in [-0.39, 0.29) is 11.3 Å². The molecule has 170 valence electrons. The van der Waals surface area contributed by atoms with E-state index >= 15 is 0 Å². The van der Waals surface area contributed by atoms with Gasteiger partial charge in [0.25, 0.3) is 11.8 Å². The summed E-state index contributed by atoms with van der Waals surface area (Å²) in [6.45, 7) is 0. The van der Waals surface area contributed by atoms with Gasteiger partial charge < -0.3 is 14.6 Å². The van der Waals surface area contributed by atoms with Gasteiger partial charge in [0, 0.05) is 27.9 Å². The van der Waals surface area contributed by atoms with Crippen LogP contribution in [-0.4, -0.2) is 41.4 Å². The number of hydrogen-bond acceptors (Lipinski definition) is 7. The predicted octanol–water partition coefficient (Wildman–Crippen LogP) is 3.46. The van der Waals surface area contributed by atoms with Crippen LogP contribution < -0.4 is 10.8 Å². The van der Waals surface area contributed by atoms with Crippen LogP contribution in [0.2, 0.25) is 0 Å². The summed E-state index contributed by atoms with van der Waals surface area (Å²) in [5.41, 5.74) is 2.08. The normalized spacial score (nSPS) is 12.7. The van der Waals surface area contributed by atoms with Crippen molar-refractivity contribution < 1.29 is 34.2 Å². The Kier molecular flexibility index (Phi) is 10.1. The number of rotatable bonds is 9. The number of imide groups is 1. The van der Waals surface area contributed by atoms with Crippen LogP contribution in [0.25, 0.3) is 0 Å². The summed E-state index contributed by atoms with van der Waals surface area (Å²) in [6, 6.07) is 13.0. The second-order valence-electron chi connectivity index (χ2n) is 6.58. The molecule has 0 aliphatic rings. The maximum Gasteiger partial charge on any atom is 0.414 e. The van der Waals surface area contributed by atoms with E-state index in [1.165, 1.54) is 24.7 Å². The van der Waals surface area contributed by atoms with E-state index in [9.17, 15) is 19.5 Å². The number of aromatic hydroxyl groups is 1. The Bertz CT molecular complexity index is 966. The molecular formula is C22H23IN2O7. The van der Waals surface area contributed by atoms with Gasteiger partial charge in [-0.05, 0) is 65.8 Å². The summed E-state index contributed by atoms with van der Waals surface area (Å²) < 4.78 is 11.8. The van der Waals surface area contributed by atoms with Gasteiger partial charge in [-0.3, -0.25) is 20.1 Å². The van der Waals surface area contributed by atoms with Crippen molar-refractivity contribution in [1.29, 1.82) is 0 Å². The minimum absolute atomic E-state index is 0.102. The molecule has 10 heteroatoms. The number of hydroxylamine groups is 1.